The smallest absolute Gasteiger partial charge is 0.127 e. The summed E-state index contributed by atoms with van der Waals surface area (Å²) in [6.45, 7) is 0.751. The van der Waals surface area contributed by atoms with E-state index in [1.165, 1.54) is 10.3 Å². The Morgan fingerprint density at radius 2 is 2.25 bits per heavy atom. The topological polar surface area (TPSA) is 48.1 Å². The normalized spacial score (nSPS) is 15.1. The molecule has 4 rings (SSSR count). The van der Waals surface area contributed by atoms with Crippen molar-refractivity contribution in [3.05, 3.63) is 58.6 Å². The quantitative estimate of drug-likeness (QED) is 0.784. The lowest BCUT2D eigenvalue weighted by atomic mass is 9.97. The molecular formula is C16H14N2OS. The summed E-state index contributed by atoms with van der Waals surface area (Å²) < 4.78 is 6.92. The molecule has 4 heteroatoms. The molecule has 100 valence electrons. The summed E-state index contributed by atoms with van der Waals surface area (Å²) in [5.41, 5.74) is 10.8. The molecule has 1 aromatic carbocycles. The SMILES string of the molecule is NC(c1cnc2ccsc2c1)c1cccc2c1OCC2. The second-order valence-electron chi connectivity index (χ2n) is 4.98. The van der Waals surface area contributed by atoms with Crippen molar-refractivity contribution < 1.29 is 4.74 Å². The van der Waals surface area contributed by atoms with Crippen LogP contribution in [0.2, 0.25) is 0 Å². The van der Waals surface area contributed by atoms with Crippen molar-refractivity contribution in [1.29, 1.82) is 0 Å². The van der Waals surface area contributed by atoms with E-state index in [0.717, 1.165) is 35.4 Å². The number of fused-ring (bicyclic) bond motifs is 2. The zero-order valence-electron chi connectivity index (χ0n) is 10.9. The van der Waals surface area contributed by atoms with E-state index in [1.54, 1.807) is 11.3 Å². The summed E-state index contributed by atoms with van der Waals surface area (Å²) in [6, 6.07) is 10.2. The van der Waals surface area contributed by atoms with E-state index in [4.69, 9.17) is 10.5 Å². The molecule has 3 heterocycles. The number of aromatic nitrogens is 1. The number of benzene rings is 1. The number of ether oxygens (including phenoxy) is 1. The van der Waals surface area contributed by atoms with Gasteiger partial charge in [-0.2, -0.15) is 0 Å². The molecule has 2 N–H and O–H groups in total. The predicted octanol–water partition coefficient (Wildman–Crippen LogP) is 3.28. The van der Waals surface area contributed by atoms with Crippen LogP contribution < -0.4 is 10.5 Å². The van der Waals surface area contributed by atoms with Gasteiger partial charge in [0.05, 0.1) is 22.9 Å². The number of hydrogen-bond donors (Lipinski definition) is 1. The highest BCUT2D eigenvalue weighted by atomic mass is 32.1. The van der Waals surface area contributed by atoms with Gasteiger partial charge < -0.3 is 10.5 Å². The largest absolute Gasteiger partial charge is 0.493 e. The van der Waals surface area contributed by atoms with E-state index in [1.807, 2.05) is 18.3 Å². The van der Waals surface area contributed by atoms with Crippen LogP contribution >= 0.6 is 11.3 Å². The fourth-order valence-electron chi connectivity index (χ4n) is 2.70. The number of rotatable bonds is 2. The van der Waals surface area contributed by atoms with Crippen LogP contribution in [-0.4, -0.2) is 11.6 Å². The van der Waals surface area contributed by atoms with Gasteiger partial charge in [0.25, 0.3) is 0 Å². The molecule has 20 heavy (non-hydrogen) atoms. The Morgan fingerprint density at radius 3 is 3.20 bits per heavy atom. The van der Waals surface area contributed by atoms with Gasteiger partial charge in [-0.25, -0.2) is 0 Å². The summed E-state index contributed by atoms with van der Waals surface area (Å²) in [5.74, 6) is 0.964. The van der Waals surface area contributed by atoms with Crippen molar-refractivity contribution >= 4 is 21.6 Å². The van der Waals surface area contributed by atoms with Crippen LogP contribution in [0.5, 0.6) is 5.75 Å². The molecule has 0 amide bonds. The number of para-hydroxylation sites is 1. The van der Waals surface area contributed by atoms with Crippen LogP contribution in [0.4, 0.5) is 0 Å². The monoisotopic (exact) mass is 282 g/mol. The predicted molar refractivity (Wildman–Crippen MR) is 81.3 cm³/mol. The molecule has 1 aliphatic rings. The first-order chi connectivity index (χ1) is 9.83. The number of pyridine rings is 1. The van der Waals surface area contributed by atoms with Gasteiger partial charge in [0, 0.05) is 18.2 Å². The molecule has 3 nitrogen and oxygen atoms in total. The lowest BCUT2D eigenvalue weighted by Crippen LogP contribution is -2.13. The first-order valence-corrected chi connectivity index (χ1v) is 7.54. The van der Waals surface area contributed by atoms with Gasteiger partial charge in [-0.1, -0.05) is 18.2 Å². The van der Waals surface area contributed by atoms with E-state index >= 15 is 0 Å². The molecular weight excluding hydrogens is 268 g/mol. The van der Waals surface area contributed by atoms with Gasteiger partial charge in [-0.3, -0.25) is 4.98 Å². The van der Waals surface area contributed by atoms with Crippen molar-refractivity contribution in [3.63, 3.8) is 0 Å². The number of nitrogens with zero attached hydrogens (tertiary/aromatic N) is 1. The van der Waals surface area contributed by atoms with Crippen molar-refractivity contribution in [2.24, 2.45) is 5.73 Å². The zero-order chi connectivity index (χ0) is 13.5. The fourth-order valence-corrected chi connectivity index (χ4v) is 3.49. The minimum Gasteiger partial charge on any atom is -0.493 e. The van der Waals surface area contributed by atoms with Crippen LogP contribution in [0.3, 0.4) is 0 Å². The molecule has 3 aromatic rings. The number of thiophene rings is 1. The third-order valence-electron chi connectivity index (χ3n) is 3.76. The molecule has 1 unspecified atom stereocenters. The Kier molecular flexibility index (Phi) is 2.72. The number of hydrogen-bond acceptors (Lipinski definition) is 4. The molecule has 1 atom stereocenters. The third kappa shape index (κ3) is 1.80. The van der Waals surface area contributed by atoms with Crippen LogP contribution in [0.15, 0.2) is 41.9 Å². The van der Waals surface area contributed by atoms with Gasteiger partial charge in [0.1, 0.15) is 5.75 Å². The Hall–Kier alpha value is -1.91. The average Bonchev–Trinajstić information content (AvgIpc) is 3.13. The molecule has 0 spiro atoms. The lowest BCUT2D eigenvalue weighted by Gasteiger charge is -2.15. The van der Waals surface area contributed by atoms with Crippen LogP contribution in [0.25, 0.3) is 10.2 Å². The summed E-state index contributed by atoms with van der Waals surface area (Å²) in [7, 11) is 0. The van der Waals surface area contributed by atoms with Gasteiger partial charge in [-0.05, 0) is 28.6 Å². The first-order valence-electron chi connectivity index (χ1n) is 6.66. The highest BCUT2D eigenvalue weighted by Crippen LogP contribution is 2.35. The van der Waals surface area contributed by atoms with Gasteiger partial charge in [0.15, 0.2) is 0 Å². The van der Waals surface area contributed by atoms with Crippen LogP contribution in [0.1, 0.15) is 22.7 Å². The third-order valence-corrected chi connectivity index (χ3v) is 4.62. The van der Waals surface area contributed by atoms with Crippen LogP contribution in [0, 0.1) is 0 Å². The minimum absolute atomic E-state index is 0.193. The standard InChI is InChI=1S/C16H14N2OS/c17-15(11-8-14-13(18-9-11)5-7-20-14)12-3-1-2-10-4-6-19-16(10)12/h1-3,5,7-9,15H,4,6,17H2. The molecule has 0 fully saturated rings. The van der Waals surface area contributed by atoms with Crippen molar-refractivity contribution in [2.75, 3.05) is 6.61 Å². The van der Waals surface area contributed by atoms with E-state index < -0.39 is 0 Å². The summed E-state index contributed by atoms with van der Waals surface area (Å²) in [5, 5.41) is 2.05. The van der Waals surface area contributed by atoms with Gasteiger partial charge in [-0.15, -0.1) is 11.3 Å². The molecule has 0 bridgehead atoms. The van der Waals surface area contributed by atoms with E-state index in [2.05, 4.69) is 28.6 Å². The maximum atomic E-state index is 6.43. The van der Waals surface area contributed by atoms with E-state index in [0.29, 0.717) is 0 Å². The minimum atomic E-state index is -0.193. The summed E-state index contributed by atoms with van der Waals surface area (Å²) in [6.07, 6.45) is 2.84. The van der Waals surface area contributed by atoms with Crippen molar-refractivity contribution in [3.8, 4) is 5.75 Å². The molecule has 1 aliphatic heterocycles. The molecule has 0 saturated carbocycles. The maximum Gasteiger partial charge on any atom is 0.127 e. The van der Waals surface area contributed by atoms with E-state index in [9.17, 15) is 0 Å². The van der Waals surface area contributed by atoms with Crippen molar-refractivity contribution in [2.45, 2.75) is 12.5 Å². The summed E-state index contributed by atoms with van der Waals surface area (Å²) in [4.78, 5) is 4.47. The molecule has 0 radical (unpaired) electrons. The maximum absolute atomic E-state index is 6.43. The lowest BCUT2D eigenvalue weighted by molar-refractivity contribution is 0.352. The highest BCUT2D eigenvalue weighted by molar-refractivity contribution is 7.17. The second-order valence-corrected chi connectivity index (χ2v) is 5.93. The molecule has 2 aromatic heterocycles. The number of nitrogens with two attached hydrogens (primary N) is 1. The highest BCUT2D eigenvalue weighted by Gasteiger charge is 2.21. The van der Waals surface area contributed by atoms with Gasteiger partial charge in [0.2, 0.25) is 0 Å². The van der Waals surface area contributed by atoms with Gasteiger partial charge >= 0.3 is 0 Å². The Balaban J connectivity index is 1.80. The molecule has 0 saturated heterocycles. The Labute approximate surface area is 121 Å². The molecule has 0 aliphatic carbocycles. The Morgan fingerprint density at radius 1 is 1.30 bits per heavy atom. The first kappa shape index (κ1) is 11.9. The average molecular weight is 282 g/mol. The fraction of sp³-hybridized carbons (Fsp3) is 0.188. The van der Waals surface area contributed by atoms with Crippen LogP contribution in [-0.2, 0) is 6.42 Å². The second kappa shape index (κ2) is 4.58. The Bertz CT molecular complexity index is 781. The summed E-state index contributed by atoms with van der Waals surface area (Å²) >= 11 is 1.69. The van der Waals surface area contributed by atoms with E-state index in [-0.39, 0.29) is 6.04 Å². The van der Waals surface area contributed by atoms with Crippen molar-refractivity contribution in [1.82, 2.24) is 4.98 Å². The zero-order valence-corrected chi connectivity index (χ0v) is 11.7.